The first-order chi connectivity index (χ1) is 13.5. The maximum absolute atomic E-state index is 12.6. The van der Waals surface area contributed by atoms with Gasteiger partial charge in [-0.3, -0.25) is 4.79 Å². The molecule has 0 heterocycles. The van der Waals surface area contributed by atoms with Crippen LogP contribution in [0.15, 0.2) is 72.8 Å². The smallest absolute Gasteiger partial charge is 0.230 e. The number of nitrogens with one attached hydrogen (secondary N) is 1. The van der Waals surface area contributed by atoms with Crippen LogP contribution >= 0.6 is 35.0 Å². The fourth-order valence-electron chi connectivity index (χ4n) is 2.86. The van der Waals surface area contributed by atoms with Crippen molar-refractivity contribution in [3.8, 4) is 0 Å². The van der Waals surface area contributed by atoms with Gasteiger partial charge in [0.2, 0.25) is 5.91 Å². The molecule has 0 saturated heterocycles. The van der Waals surface area contributed by atoms with Crippen molar-refractivity contribution in [2.24, 2.45) is 0 Å². The molecule has 0 spiro atoms. The van der Waals surface area contributed by atoms with E-state index in [0.717, 1.165) is 16.7 Å². The van der Waals surface area contributed by atoms with Gasteiger partial charge >= 0.3 is 0 Å². The van der Waals surface area contributed by atoms with E-state index in [1.54, 1.807) is 17.8 Å². The molecule has 0 aliphatic heterocycles. The normalized spacial score (nSPS) is 11.8. The summed E-state index contributed by atoms with van der Waals surface area (Å²) in [6.45, 7) is 2.06. The number of benzene rings is 3. The highest BCUT2D eigenvalue weighted by atomic mass is 35.5. The Bertz CT molecular complexity index is 929. The second kappa shape index (κ2) is 10.0. The lowest BCUT2D eigenvalue weighted by Crippen LogP contribution is -2.30. The number of rotatable bonds is 7. The summed E-state index contributed by atoms with van der Waals surface area (Å²) in [5.74, 6) is 1.07. The van der Waals surface area contributed by atoms with E-state index in [1.807, 2.05) is 42.5 Å². The summed E-state index contributed by atoms with van der Waals surface area (Å²) >= 11 is 13.5. The largest absolute Gasteiger partial charge is 0.344 e. The lowest BCUT2D eigenvalue weighted by molar-refractivity contribution is -0.119. The Morgan fingerprint density at radius 1 is 0.929 bits per heavy atom. The third-order valence-electron chi connectivity index (χ3n) is 4.33. The topological polar surface area (TPSA) is 29.1 Å². The molecule has 0 unspecified atom stereocenters. The Balaban J connectivity index is 1.64. The average Bonchev–Trinajstić information content (AvgIpc) is 2.70. The van der Waals surface area contributed by atoms with Crippen molar-refractivity contribution in [3.05, 3.63) is 105 Å². The van der Waals surface area contributed by atoms with Gasteiger partial charge in [0.15, 0.2) is 0 Å². The van der Waals surface area contributed by atoms with Crippen LogP contribution in [0.5, 0.6) is 0 Å². The zero-order valence-electron chi connectivity index (χ0n) is 15.5. The van der Waals surface area contributed by atoms with Gasteiger partial charge in [-0.15, -0.1) is 11.8 Å². The van der Waals surface area contributed by atoms with Crippen LogP contribution in [-0.4, -0.2) is 11.7 Å². The molecule has 28 heavy (non-hydrogen) atoms. The van der Waals surface area contributed by atoms with E-state index in [4.69, 9.17) is 23.2 Å². The molecule has 0 fully saturated rings. The number of halogens is 2. The van der Waals surface area contributed by atoms with Gasteiger partial charge in [-0.25, -0.2) is 0 Å². The summed E-state index contributed by atoms with van der Waals surface area (Å²) in [6, 6.07) is 23.7. The molecule has 0 saturated carbocycles. The van der Waals surface area contributed by atoms with Crippen LogP contribution in [0.2, 0.25) is 10.0 Å². The van der Waals surface area contributed by atoms with Crippen LogP contribution < -0.4 is 5.32 Å². The van der Waals surface area contributed by atoms with Gasteiger partial charge < -0.3 is 5.32 Å². The Morgan fingerprint density at radius 2 is 1.61 bits per heavy atom. The van der Waals surface area contributed by atoms with E-state index in [9.17, 15) is 4.79 Å². The van der Waals surface area contributed by atoms with Crippen molar-refractivity contribution < 1.29 is 4.79 Å². The summed E-state index contributed by atoms with van der Waals surface area (Å²) in [7, 11) is 0. The Morgan fingerprint density at radius 3 is 2.29 bits per heavy atom. The first-order valence-corrected chi connectivity index (χ1v) is 10.9. The molecule has 0 bridgehead atoms. The number of hydrogen-bond acceptors (Lipinski definition) is 2. The zero-order valence-corrected chi connectivity index (χ0v) is 17.8. The SMILES string of the molecule is Cc1ccc([C@@H](NC(=O)CSCc2ccc(Cl)c(Cl)c2)c2ccccc2)cc1. The van der Waals surface area contributed by atoms with Crippen molar-refractivity contribution in [2.75, 3.05) is 5.75 Å². The molecular formula is C23H21Cl2NOS. The molecule has 1 amide bonds. The van der Waals surface area contributed by atoms with Crippen LogP contribution in [0.3, 0.4) is 0 Å². The number of thioether (sulfide) groups is 1. The average molecular weight is 430 g/mol. The molecule has 1 N–H and O–H groups in total. The third kappa shape index (κ3) is 5.78. The van der Waals surface area contributed by atoms with E-state index >= 15 is 0 Å². The first-order valence-electron chi connectivity index (χ1n) is 8.95. The van der Waals surface area contributed by atoms with E-state index < -0.39 is 0 Å². The van der Waals surface area contributed by atoms with Crippen LogP contribution in [-0.2, 0) is 10.5 Å². The Hall–Kier alpha value is -1.94. The zero-order chi connectivity index (χ0) is 19.9. The molecule has 5 heteroatoms. The van der Waals surface area contributed by atoms with Gasteiger partial charge in [-0.05, 0) is 35.7 Å². The Labute approximate surface area is 180 Å². The maximum atomic E-state index is 12.6. The number of carbonyl (C=O) groups excluding carboxylic acids is 1. The minimum Gasteiger partial charge on any atom is -0.344 e. The summed E-state index contributed by atoms with van der Waals surface area (Å²) < 4.78 is 0. The molecule has 3 aromatic rings. The van der Waals surface area contributed by atoms with Crippen LogP contribution in [0.4, 0.5) is 0 Å². The van der Waals surface area contributed by atoms with Crippen molar-refractivity contribution in [2.45, 2.75) is 18.7 Å². The molecule has 0 radical (unpaired) electrons. The second-order valence-electron chi connectivity index (χ2n) is 6.56. The van der Waals surface area contributed by atoms with Crippen molar-refractivity contribution in [1.29, 1.82) is 0 Å². The van der Waals surface area contributed by atoms with Gasteiger partial charge in [0.25, 0.3) is 0 Å². The second-order valence-corrected chi connectivity index (χ2v) is 8.36. The lowest BCUT2D eigenvalue weighted by atomic mass is 9.98. The molecule has 3 aromatic carbocycles. The molecule has 0 aliphatic rings. The molecule has 3 rings (SSSR count). The van der Waals surface area contributed by atoms with Crippen LogP contribution in [0, 0.1) is 6.92 Å². The summed E-state index contributed by atoms with van der Waals surface area (Å²) in [4.78, 5) is 12.6. The van der Waals surface area contributed by atoms with Crippen LogP contribution in [0.25, 0.3) is 0 Å². The summed E-state index contributed by atoms with van der Waals surface area (Å²) in [5.41, 5.74) is 4.37. The third-order valence-corrected chi connectivity index (χ3v) is 6.08. The molecule has 144 valence electrons. The molecule has 0 aliphatic carbocycles. The minimum atomic E-state index is -0.167. The van der Waals surface area contributed by atoms with E-state index in [1.165, 1.54) is 5.56 Å². The fraction of sp³-hybridized carbons (Fsp3) is 0.174. The Kier molecular flexibility index (Phi) is 7.43. The standard InChI is InChI=1S/C23H21Cl2NOS/c1-16-7-10-19(11-8-16)23(18-5-3-2-4-6-18)26-22(27)15-28-14-17-9-12-20(24)21(25)13-17/h2-13,23H,14-15H2,1H3,(H,26,27)/t23-/m0/s1. The molecule has 1 atom stereocenters. The molecule has 0 aromatic heterocycles. The maximum Gasteiger partial charge on any atom is 0.230 e. The predicted molar refractivity (Wildman–Crippen MR) is 120 cm³/mol. The first kappa shape index (κ1) is 20.8. The van der Waals surface area contributed by atoms with Crippen molar-refractivity contribution in [1.82, 2.24) is 5.32 Å². The number of aryl methyl sites for hydroxylation is 1. The van der Waals surface area contributed by atoms with E-state index in [2.05, 4.69) is 36.5 Å². The predicted octanol–water partition coefficient (Wildman–Crippen LogP) is 6.44. The fourth-order valence-corrected chi connectivity index (χ4v) is 3.96. The van der Waals surface area contributed by atoms with Gasteiger partial charge in [0.1, 0.15) is 0 Å². The monoisotopic (exact) mass is 429 g/mol. The van der Waals surface area contributed by atoms with Crippen molar-refractivity contribution in [3.63, 3.8) is 0 Å². The quantitative estimate of drug-likeness (QED) is 0.467. The lowest BCUT2D eigenvalue weighted by Gasteiger charge is -2.20. The molecule has 2 nitrogen and oxygen atoms in total. The van der Waals surface area contributed by atoms with Crippen molar-refractivity contribution >= 4 is 40.9 Å². The highest BCUT2D eigenvalue weighted by Gasteiger charge is 2.16. The van der Waals surface area contributed by atoms with E-state index in [-0.39, 0.29) is 11.9 Å². The van der Waals surface area contributed by atoms with Gasteiger partial charge in [0, 0.05) is 5.75 Å². The number of carbonyl (C=O) groups is 1. The number of hydrogen-bond donors (Lipinski definition) is 1. The number of amides is 1. The van der Waals surface area contributed by atoms with Crippen LogP contribution in [0.1, 0.15) is 28.3 Å². The van der Waals surface area contributed by atoms with Gasteiger partial charge in [-0.2, -0.15) is 0 Å². The highest BCUT2D eigenvalue weighted by molar-refractivity contribution is 7.99. The molecular weight excluding hydrogens is 409 g/mol. The van der Waals surface area contributed by atoms with E-state index in [0.29, 0.717) is 21.6 Å². The van der Waals surface area contributed by atoms with Gasteiger partial charge in [0.05, 0.1) is 21.8 Å². The highest BCUT2D eigenvalue weighted by Crippen LogP contribution is 2.25. The summed E-state index contributed by atoms with van der Waals surface area (Å²) in [5, 5.41) is 4.24. The minimum absolute atomic E-state index is 0.000474. The van der Waals surface area contributed by atoms with Gasteiger partial charge in [-0.1, -0.05) is 89.4 Å². The summed E-state index contributed by atoms with van der Waals surface area (Å²) in [6.07, 6.45) is 0.